The molecule has 13 aromatic rings. The van der Waals surface area contributed by atoms with Crippen molar-refractivity contribution in [1.82, 2.24) is 15.0 Å². The van der Waals surface area contributed by atoms with Crippen LogP contribution < -0.4 is 14.7 Å². The van der Waals surface area contributed by atoms with Gasteiger partial charge in [-0.1, -0.05) is 146 Å². The van der Waals surface area contributed by atoms with Crippen LogP contribution in [0.2, 0.25) is 0 Å². The van der Waals surface area contributed by atoms with Gasteiger partial charge in [0.15, 0.2) is 16.7 Å². The number of furan rings is 3. The van der Waals surface area contributed by atoms with Gasteiger partial charge in [-0.2, -0.15) is 0 Å². The van der Waals surface area contributed by atoms with Crippen LogP contribution in [0.1, 0.15) is 31.1 Å². The van der Waals surface area contributed by atoms with Gasteiger partial charge >= 0.3 is 0 Å². The lowest BCUT2D eigenvalue weighted by molar-refractivity contribution is 0.0992. The van der Waals surface area contributed by atoms with Crippen molar-refractivity contribution in [3.05, 3.63) is 217 Å². The van der Waals surface area contributed by atoms with E-state index >= 15 is 14.4 Å². The molecule has 6 aromatic heterocycles. The fraction of sp³-hybridized carbons (Fsp3) is 0.0476. The van der Waals surface area contributed by atoms with Crippen molar-refractivity contribution in [2.75, 3.05) is 35.8 Å². The summed E-state index contributed by atoms with van der Waals surface area (Å²) in [4.78, 5) is 65.0. The molecular formula is C63H42N6O6. The lowest BCUT2D eigenvalue weighted by atomic mass is 10.0. The van der Waals surface area contributed by atoms with E-state index in [9.17, 15) is 0 Å². The number of rotatable bonds is 9. The quantitative estimate of drug-likeness (QED) is 0.138. The molecule has 6 heterocycles. The van der Waals surface area contributed by atoms with E-state index in [0.717, 1.165) is 32.8 Å². The summed E-state index contributed by atoms with van der Waals surface area (Å²) in [7, 11) is 4.95. The maximum atomic E-state index is 15.3. The minimum absolute atomic E-state index is 0.0782. The third kappa shape index (κ3) is 7.37. The van der Waals surface area contributed by atoms with Gasteiger partial charge in [-0.3, -0.25) is 29.3 Å². The molecule has 360 valence electrons. The zero-order valence-electron chi connectivity index (χ0n) is 40.7. The molecule has 0 fully saturated rings. The van der Waals surface area contributed by atoms with E-state index in [1.807, 2.05) is 164 Å². The number of fused-ring (bicyclic) bond motifs is 9. The second-order valence-corrected chi connectivity index (χ2v) is 18.4. The van der Waals surface area contributed by atoms with E-state index < -0.39 is 17.7 Å². The van der Waals surface area contributed by atoms with E-state index in [-0.39, 0.29) is 16.7 Å². The summed E-state index contributed by atoms with van der Waals surface area (Å²) in [5.74, 6) is -1.50. The van der Waals surface area contributed by atoms with Crippen molar-refractivity contribution in [1.29, 1.82) is 0 Å². The summed E-state index contributed by atoms with van der Waals surface area (Å²) >= 11 is 0. The molecule has 0 aliphatic carbocycles. The Balaban J connectivity index is 0.959. The molecule has 0 aliphatic heterocycles. The Morgan fingerprint density at radius 2 is 0.600 bits per heavy atom. The van der Waals surface area contributed by atoms with Gasteiger partial charge in [0.05, 0.1) is 51.8 Å². The van der Waals surface area contributed by atoms with Gasteiger partial charge in [-0.15, -0.1) is 0 Å². The van der Waals surface area contributed by atoms with E-state index in [4.69, 9.17) is 28.2 Å². The maximum Gasteiger partial charge on any atom is 0.258 e. The van der Waals surface area contributed by atoms with E-state index in [0.29, 0.717) is 83.8 Å². The highest BCUT2D eigenvalue weighted by Crippen LogP contribution is 2.44. The molecule has 75 heavy (non-hydrogen) atoms. The van der Waals surface area contributed by atoms with Crippen LogP contribution in [0.5, 0.6) is 0 Å². The minimum Gasteiger partial charge on any atom is -0.454 e. The van der Waals surface area contributed by atoms with E-state index in [1.165, 1.54) is 32.9 Å². The smallest absolute Gasteiger partial charge is 0.258 e. The second-order valence-electron chi connectivity index (χ2n) is 18.4. The predicted octanol–water partition coefficient (Wildman–Crippen LogP) is 14.4. The number of hydrogen-bond donors (Lipinski definition) is 0. The molecule has 0 atom stereocenters. The number of para-hydroxylation sites is 3. The first-order valence-corrected chi connectivity index (χ1v) is 24.3. The van der Waals surface area contributed by atoms with Gasteiger partial charge in [-0.25, -0.2) is 0 Å². The van der Waals surface area contributed by atoms with Gasteiger partial charge in [0, 0.05) is 70.7 Å². The number of aromatic nitrogens is 3. The normalized spacial score (nSPS) is 11.6. The van der Waals surface area contributed by atoms with Crippen molar-refractivity contribution in [2.24, 2.45) is 0 Å². The Morgan fingerprint density at radius 3 is 0.880 bits per heavy atom. The zero-order valence-corrected chi connectivity index (χ0v) is 40.7. The Bertz CT molecular complexity index is 3970. The molecule has 0 unspecified atom stereocenters. The van der Waals surface area contributed by atoms with Crippen molar-refractivity contribution >= 4 is 101 Å². The summed E-state index contributed by atoms with van der Waals surface area (Å²) in [6, 6.07) is 56.7. The van der Waals surface area contributed by atoms with Crippen LogP contribution in [-0.2, 0) is 0 Å². The molecule has 12 heteroatoms. The van der Waals surface area contributed by atoms with Crippen LogP contribution in [0.3, 0.4) is 0 Å². The summed E-state index contributed by atoms with van der Waals surface area (Å²) in [5.41, 5.74) is 9.46. The highest BCUT2D eigenvalue weighted by atomic mass is 16.3. The Hall–Kier alpha value is -10.2. The lowest BCUT2D eigenvalue weighted by Gasteiger charge is -2.23. The van der Waals surface area contributed by atoms with Gasteiger partial charge in [-0.05, 0) is 36.4 Å². The van der Waals surface area contributed by atoms with Crippen molar-refractivity contribution < 1.29 is 27.6 Å². The zero-order chi connectivity index (χ0) is 50.9. The third-order valence-electron chi connectivity index (χ3n) is 14.0. The summed E-state index contributed by atoms with van der Waals surface area (Å²) in [6.45, 7) is 0. The minimum atomic E-state index is -0.501. The van der Waals surface area contributed by atoms with Gasteiger partial charge in [0.2, 0.25) is 0 Å². The molecule has 0 saturated heterocycles. The van der Waals surface area contributed by atoms with Crippen molar-refractivity contribution in [3.63, 3.8) is 0 Å². The van der Waals surface area contributed by atoms with Crippen molar-refractivity contribution in [2.45, 2.75) is 0 Å². The summed E-state index contributed by atoms with van der Waals surface area (Å²) < 4.78 is 19.5. The molecule has 12 nitrogen and oxygen atoms in total. The highest BCUT2D eigenvalue weighted by Gasteiger charge is 2.30. The van der Waals surface area contributed by atoms with Gasteiger partial charge in [0.25, 0.3) is 17.7 Å². The number of amides is 3. The standard InChI is InChI=1S/C63H42N6O6/c1-67(46-34-64-55(37-19-7-4-8-20-37)58-52(46)43-25-13-16-28-49(43)73-58)61(70)40-31-41(62(71)68(2)47-35-65-56(38-21-9-5-10-22-38)59-53(47)44-26-14-17-29-50(44)74-59)33-42(32-40)63(72)69(3)48-36-66-57(39-23-11-6-12-24-39)60-54(48)45-27-15-18-30-51(45)75-60/h4-36H,1-3H3. The molecule has 0 N–H and O–H groups in total. The first-order chi connectivity index (χ1) is 36.7. The van der Waals surface area contributed by atoms with Crippen LogP contribution in [0, 0.1) is 0 Å². The fourth-order valence-corrected chi connectivity index (χ4v) is 10.2. The molecule has 0 aliphatic rings. The lowest BCUT2D eigenvalue weighted by Crippen LogP contribution is -2.31. The topological polar surface area (TPSA) is 139 Å². The van der Waals surface area contributed by atoms with Gasteiger partial charge < -0.3 is 28.0 Å². The Morgan fingerprint density at radius 1 is 0.347 bits per heavy atom. The molecule has 0 bridgehead atoms. The number of nitrogens with zero attached hydrogens (tertiary/aromatic N) is 6. The average molecular weight is 979 g/mol. The summed E-state index contributed by atoms with van der Waals surface area (Å²) in [6.07, 6.45) is 4.98. The average Bonchev–Trinajstić information content (AvgIpc) is 4.24. The molecule has 0 radical (unpaired) electrons. The number of benzene rings is 7. The largest absolute Gasteiger partial charge is 0.454 e. The number of carbonyl (C=O) groups is 3. The number of carbonyl (C=O) groups excluding carboxylic acids is 3. The number of hydrogen-bond acceptors (Lipinski definition) is 9. The van der Waals surface area contributed by atoms with Crippen molar-refractivity contribution in [3.8, 4) is 33.8 Å². The first kappa shape index (κ1) is 44.7. The van der Waals surface area contributed by atoms with Crippen LogP contribution in [-0.4, -0.2) is 53.8 Å². The SMILES string of the molecule is CN(C(=O)c1cc(C(=O)N(C)c2cnc(-c3ccccc3)c3oc4ccccc4c23)cc(C(=O)N(C)c2cnc(-c3ccccc3)c3oc4ccccc4c23)c1)c1cnc(-c2ccccc2)c2oc3ccccc3c12. The maximum absolute atomic E-state index is 15.3. The molecule has 3 amide bonds. The van der Waals surface area contributed by atoms with Crippen LogP contribution in [0.4, 0.5) is 17.1 Å². The number of pyridine rings is 3. The van der Waals surface area contributed by atoms with Crippen LogP contribution >= 0.6 is 0 Å². The molecule has 7 aromatic carbocycles. The fourth-order valence-electron chi connectivity index (χ4n) is 10.2. The monoisotopic (exact) mass is 978 g/mol. The van der Waals surface area contributed by atoms with Crippen LogP contribution in [0.25, 0.3) is 99.6 Å². The predicted molar refractivity (Wildman–Crippen MR) is 295 cm³/mol. The Labute approximate surface area is 428 Å². The van der Waals surface area contributed by atoms with E-state index in [1.54, 1.807) is 39.7 Å². The van der Waals surface area contributed by atoms with Gasteiger partial charge in [0.1, 0.15) is 33.8 Å². The highest BCUT2D eigenvalue weighted by molar-refractivity contribution is 6.23. The molecular weight excluding hydrogens is 937 g/mol. The molecule has 0 spiro atoms. The molecule has 0 saturated carbocycles. The molecule has 13 rings (SSSR count). The first-order valence-electron chi connectivity index (χ1n) is 24.3. The number of anilines is 3. The summed E-state index contributed by atoms with van der Waals surface area (Å²) in [5, 5.41) is 4.43. The van der Waals surface area contributed by atoms with Crippen LogP contribution in [0.15, 0.2) is 214 Å². The van der Waals surface area contributed by atoms with E-state index in [2.05, 4.69) is 0 Å². The third-order valence-corrected chi connectivity index (χ3v) is 14.0. The Kier molecular flexibility index (Phi) is 10.6. The second kappa shape index (κ2) is 17.8.